The molecule has 24 heavy (non-hydrogen) atoms. The molecule has 130 valence electrons. The van der Waals surface area contributed by atoms with Crippen molar-refractivity contribution in [3.63, 3.8) is 0 Å². The Labute approximate surface area is 142 Å². The van der Waals surface area contributed by atoms with Gasteiger partial charge in [-0.25, -0.2) is 4.79 Å². The predicted molar refractivity (Wildman–Crippen MR) is 91.8 cm³/mol. The molecule has 3 N–H and O–H groups in total. The Morgan fingerprint density at radius 3 is 2.88 bits per heavy atom. The van der Waals surface area contributed by atoms with Crippen LogP contribution in [-0.4, -0.2) is 24.5 Å². The van der Waals surface area contributed by atoms with Crippen LogP contribution in [0.4, 0.5) is 0 Å². The van der Waals surface area contributed by atoms with Gasteiger partial charge in [-0.3, -0.25) is 4.79 Å². The lowest BCUT2D eigenvalue weighted by Crippen LogP contribution is -2.43. The summed E-state index contributed by atoms with van der Waals surface area (Å²) in [6.07, 6.45) is 7.57. The number of hydrogen-bond donors (Lipinski definition) is 2. The minimum Gasteiger partial charge on any atom is -0.425 e. The number of rotatable bonds is 4. The highest BCUT2D eigenvalue weighted by Gasteiger charge is 2.32. The molecule has 3 atom stereocenters. The minimum atomic E-state index is -0.709. The average Bonchev–Trinajstić information content (AvgIpc) is 2.61. The number of carbonyl (C=O) groups is 2. The van der Waals surface area contributed by atoms with Crippen molar-refractivity contribution in [1.29, 1.82) is 0 Å². The Morgan fingerprint density at radius 2 is 2.08 bits per heavy atom. The van der Waals surface area contributed by atoms with Crippen molar-refractivity contribution in [2.45, 2.75) is 57.4 Å². The Hall–Kier alpha value is -1.88. The van der Waals surface area contributed by atoms with Crippen LogP contribution in [0, 0.1) is 5.92 Å². The molecule has 2 aliphatic rings. The van der Waals surface area contributed by atoms with Crippen molar-refractivity contribution in [2.75, 3.05) is 6.54 Å². The summed E-state index contributed by atoms with van der Waals surface area (Å²) in [4.78, 5) is 23.4. The van der Waals surface area contributed by atoms with E-state index in [1.807, 2.05) is 12.1 Å². The van der Waals surface area contributed by atoms with Gasteiger partial charge in [0.2, 0.25) is 5.91 Å². The number of amides is 1. The maximum atomic E-state index is 12.1. The lowest BCUT2D eigenvalue weighted by Gasteiger charge is -2.37. The molecule has 0 heterocycles. The zero-order valence-electron chi connectivity index (χ0n) is 14.2. The molecule has 0 radical (unpaired) electrons. The predicted octanol–water partition coefficient (Wildman–Crippen LogP) is 2.28. The Bertz CT molecular complexity index is 629. The van der Waals surface area contributed by atoms with E-state index in [9.17, 15) is 9.59 Å². The van der Waals surface area contributed by atoms with Gasteiger partial charge >= 0.3 is 5.97 Å². The highest BCUT2D eigenvalue weighted by molar-refractivity contribution is 5.86. The third kappa shape index (κ3) is 3.61. The summed E-state index contributed by atoms with van der Waals surface area (Å²) in [7, 11) is 0. The maximum absolute atomic E-state index is 12.1. The van der Waals surface area contributed by atoms with E-state index in [0.717, 1.165) is 12.3 Å². The van der Waals surface area contributed by atoms with E-state index in [1.54, 1.807) is 6.92 Å². The van der Waals surface area contributed by atoms with E-state index in [0.29, 0.717) is 11.7 Å². The molecule has 1 amide bonds. The van der Waals surface area contributed by atoms with Crippen molar-refractivity contribution in [3.05, 3.63) is 29.3 Å². The number of esters is 1. The van der Waals surface area contributed by atoms with Crippen molar-refractivity contribution < 1.29 is 14.3 Å². The highest BCUT2D eigenvalue weighted by Crippen LogP contribution is 2.45. The van der Waals surface area contributed by atoms with Crippen molar-refractivity contribution in [3.8, 4) is 5.75 Å². The van der Waals surface area contributed by atoms with Gasteiger partial charge in [0.05, 0.1) is 6.54 Å². The van der Waals surface area contributed by atoms with E-state index >= 15 is 0 Å². The van der Waals surface area contributed by atoms with Gasteiger partial charge in [0.1, 0.15) is 11.8 Å². The van der Waals surface area contributed by atoms with Crippen LogP contribution in [-0.2, 0) is 16.0 Å². The van der Waals surface area contributed by atoms with Crippen LogP contribution in [0.1, 0.15) is 56.1 Å². The van der Waals surface area contributed by atoms with Crippen LogP contribution in [0.3, 0.4) is 0 Å². The first-order valence-corrected chi connectivity index (χ1v) is 8.92. The molecule has 2 aliphatic carbocycles. The van der Waals surface area contributed by atoms with Gasteiger partial charge in [-0.15, -0.1) is 0 Å². The first-order chi connectivity index (χ1) is 11.6. The molecule has 5 nitrogen and oxygen atoms in total. The molecule has 0 aromatic heterocycles. The second kappa shape index (κ2) is 7.34. The molecule has 0 spiro atoms. The lowest BCUT2D eigenvalue weighted by molar-refractivity contribution is -0.138. The Kier molecular flexibility index (Phi) is 5.19. The summed E-state index contributed by atoms with van der Waals surface area (Å²) in [5.74, 6) is 1.12. The number of hydrogen-bond acceptors (Lipinski definition) is 4. The Morgan fingerprint density at radius 1 is 1.29 bits per heavy atom. The number of benzene rings is 1. The van der Waals surface area contributed by atoms with Crippen LogP contribution in [0.2, 0.25) is 0 Å². The third-order valence-corrected chi connectivity index (χ3v) is 5.35. The molecular weight excluding hydrogens is 304 g/mol. The molecule has 5 heteroatoms. The summed E-state index contributed by atoms with van der Waals surface area (Å²) < 4.78 is 5.47. The molecule has 1 fully saturated rings. The van der Waals surface area contributed by atoms with Crippen molar-refractivity contribution >= 4 is 11.9 Å². The first kappa shape index (κ1) is 17.0. The van der Waals surface area contributed by atoms with Crippen LogP contribution in [0.15, 0.2) is 18.2 Å². The first-order valence-electron chi connectivity index (χ1n) is 8.92. The van der Waals surface area contributed by atoms with Crippen LogP contribution < -0.4 is 15.8 Å². The van der Waals surface area contributed by atoms with E-state index < -0.39 is 12.0 Å². The molecule has 1 saturated carbocycles. The number of ether oxygens (including phenoxy) is 1. The summed E-state index contributed by atoms with van der Waals surface area (Å²) in [5, 5.41) is 2.52. The maximum Gasteiger partial charge on any atom is 0.333 e. The smallest absolute Gasteiger partial charge is 0.333 e. The van der Waals surface area contributed by atoms with Crippen molar-refractivity contribution in [2.24, 2.45) is 11.7 Å². The van der Waals surface area contributed by atoms with E-state index in [1.165, 1.54) is 43.2 Å². The van der Waals surface area contributed by atoms with Crippen LogP contribution >= 0.6 is 0 Å². The molecule has 3 unspecified atom stereocenters. The standard InChI is InChI=1S/C19H26N2O3/c1-12(21-18(22)11-20)19(23)24-15-9-8-14-7-6-13-4-2-3-5-16(13)17(14)10-15/h8-10,12-13,16H,2-7,11,20H2,1H3,(H,21,22). The summed E-state index contributed by atoms with van der Waals surface area (Å²) in [5.41, 5.74) is 7.99. The fourth-order valence-corrected chi connectivity index (χ4v) is 4.08. The average molecular weight is 330 g/mol. The largest absolute Gasteiger partial charge is 0.425 e. The fraction of sp³-hybridized carbons (Fsp3) is 0.579. The van der Waals surface area contributed by atoms with E-state index in [-0.39, 0.29) is 12.5 Å². The third-order valence-electron chi connectivity index (χ3n) is 5.35. The number of fused-ring (bicyclic) bond motifs is 3. The number of carbonyl (C=O) groups excluding carboxylic acids is 2. The number of nitrogens with one attached hydrogen (secondary N) is 1. The van der Waals surface area contributed by atoms with Crippen LogP contribution in [0.5, 0.6) is 5.75 Å². The fourth-order valence-electron chi connectivity index (χ4n) is 4.08. The summed E-state index contributed by atoms with van der Waals surface area (Å²) >= 11 is 0. The molecule has 0 bridgehead atoms. The normalized spacial score (nSPS) is 23.6. The van der Waals surface area contributed by atoms with E-state index in [2.05, 4.69) is 11.4 Å². The van der Waals surface area contributed by atoms with Crippen LogP contribution in [0.25, 0.3) is 0 Å². The highest BCUT2D eigenvalue weighted by atomic mass is 16.5. The van der Waals surface area contributed by atoms with Gasteiger partial charge in [-0.2, -0.15) is 0 Å². The lowest BCUT2D eigenvalue weighted by atomic mass is 9.68. The van der Waals surface area contributed by atoms with Crippen molar-refractivity contribution in [1.82, 2.24) is 5.32 Å². The summed E-state index contributed by atoms with van der Waals surface area (Å²) in [6.45, 7) is 1.46. The SMILES string of the molecule is CC(NC(=O)CN)C(=O)Oc1ccc2c(c1)C1CCCCC1CC2. The van der Waals surface area contributed by atoms with Gasteiger partial charge in [0, 0.05) is 0 Å². The number of aryl methyl sites for hydroxylation is 1. The van der Waals surface area contributed by atoms with Gasteiger partial charge < -0.3 is 15.8 Å². The number of nitrogens with two attached hydrogens (primary N) is 1. The molecule has 0 aliphatic heterocycles. The quantitative estimate of drug-likeness (QED) is 0.655. The topological polar surface area (TPSA) is 81.4 Å². The molecule has 1 aromatic rings. The zero-order valence-corrected chi connectivity index (χ0v) is 14.2. The van der Waals surface area contributed by atoms with Gasteiger partial charge in [0.25, 0.3) is 0 Å². The summed E-state index contributed by atoms with van der Waals surface area (Å²) in [6, 6.07) is 5.27. The zero-order chi connectivity index (χ0) is 17.1. The van der Waals surface area contributed by atoms with E-state index in [4.69, 9.17) is 10.5 Å². The molecule has 0 saturated heterocycles. The second-order valence-electron chi connectivity index (χ2n) is 6.96. The minimum absolute atomic E-state index is 0.139. The second-order valence-corrected chi connectivity index (χ2v) is 6.96. The Balaban J connectivity index is 1.71. The molecular formula is C19H26N2O3. The van der Waals surface area contributed by atoms with Gasteiger partial charge in [-0.05, 0) is 67.7 Å². The monoisotopic (exact) mass is 330 g/mol. The molecule has 1 aromatic carbocycles. The van der Waals surface area contributed by atoms with Gasteiger partial charge in [-0.1, -0.05) is 18.9 Å². The van der Waals surface area contributed by atoms with Gasteiger partial charge in [0.15, 0.2) is 0 Å². The molecule has 3 rings (SSSR count).